The molecule has 1 aliphatic carbocycles. The average molecular weight is 265 g/mol. The van der Waals surface area contributed by atoms with Crippen molar-refractivity contribution in [3.05, 3.63) is 11.7 Å². The Labute approximate surface area is 113 Å². The molecule has 0 radical (unpaired) electrons. The first-order valence-electron chi connectivity index (χ1n) is 7.07. The molecular weight excluding hydrogens is 242 g/mol. The lowest BCUT2D eigenvalue weighted by atomic mass is 9.78. The molecule has 1 atom stereocenters. The topological polar surface area (TPSA) is 71.4 Å². The third-order valence-corrected chi connectivity index (χ3v) is 4.54. The van der Waals surface area contributed by atoms with Gasteiger partial charge in [-0.3, -0.25) is 0 Å². The molecular formula is C13H23N5O. The van der Waals surface area contributed by atoms with Gasteiger partial charge in [0.1, 0.15) is 0 Å². The Morgan fingerprint density at radius 3 is 2.84 bits per heavy atom. The van der Waals surface area contributed by atoms with Gasteiger partial charge >= 0.3 is 0 Å². The SMILES string of the molecule is CN1CCN(C)C(Cc2noc(C3(N)CCC3)n2)C1. The van der Waals surface area contributed by atoms with Crippen molar-refractivity contribution in [2.24, 2.45) is 5.73 Å². The maximum Gasteiger partial charge on any atom is 0.246 e. The zero-order chi connectivity index (χ0) is 13.5. The lowest BCUT2D eigenvalue weighted by Gasteiger charge is -2.37. The second-order valence-corrected chi connectivity index (χ2v) is 6.13. The molecule has 1 unspecified atom stereocenters. The van der Waals surface area contributed by atoms with Crippen LogP contribution < -0.4 is 5.73 Å². The molecule has 3 rings (SSSR count). The molecule has 6 nitrogen and oxygen atoms in total. The first-order valence-corrected chi connectivity index (χ1v) is 7.07. The molecule has 0 amide bonds. The quantitative estimate of drug-likeness (QED) is 0.841. The highest BCUT2D eigenvalue weighted by Gasteiger charge is 2.40. The van der Waals surface area contributed by atoms with E-state index in [1.54, 1.807) is 0 Å². The number of likely N-dealkylation sites (N-methyl/N-ethyl adjacent to an activating group) is 2. The molecule has 0 bridgehead atoms. The molecule has 6 heteroatoms. The summed E-state index contributed by atoms with van der Waals surface area (Å²) in [4.78, 5) is 9.23. The van der Waals surface area contributed by atoms with Crippen LogP contribution in [0.5, 0.6) is 0 Å². The van der Waals surface area contributed by atoms with Crippen molar-refractivity contribution in [3.63, 3.8) is 0 Å². The summed E-state index contributed by atoms with van der Waals surface area (Å²) < 4.78 is 5.36. The molecule has 0 aromatic carbocycles. The van der Waals surface area contributed by atoms with Gasteiger partial charge in [0.2, 0.25) is 5.89 Å². The van der Waals surface area contributed by atoms with E-state index in [0.29, 0.717) is 11.9 Å². The molecule has 1 saturated heterocycles. The third-order valence-electron chi connectivity index (χ3n) is 4.54. The van der Waals surface area contributed by atoms with Crippen LogP contribution in [0.2, 0.25) is 0 Å². The smallest absolute Gasteiger partial charge is 0.246 e. The number of hydrogen-bond donors (Lipinski definition) is 1. The van der Waals surface area contributed by atoms with Crippen LogP contribution in [0.4, 0.5) is 0 Å². The highest BCUT2D eigenvalue weighted by Crippen LogP contribution is 2.37. The van der Waals surface area contributed by atoms with Gasteiger partial charge in [-0.25, -0.2) is 0 Å². The van der Waals surface area contributed by atoms with Crippen LogP contribution >= 0.6 is 0 Å². The van der Waals surface area contributed by atoms with Crippen molar-refractivity contribution in [1.29, 1.82) is 0 Å². The maximum atomic E-state index is 6.21. The van der Waals surface area contributed by atoms with Gasteiger partial charge in [0, 0.05) is 32.1 Å². The Bertz CT molecular complexity index is 442. The van der Waals surface area contributed by atoms with E-state index in [4.69, 9.17) is 10.3 Å². The van der Waals surface area contributed by atoms with Crippen molar-refractivity contribution >= 4 is 0 Å². The van der Waals surface area contributed by atoms with Crippen LogP contribution in [-0.2, 0) is 12.0 Å². The lowest BCUT2D eigenvalue weighted by Crippen LogP contribution is -2.50. The molecule has 1 saturated carbocycles. The van der Waals surface area contributed by atoms with E-state index in [0.717, 1.165) is 51.1 Å². The number of piperazine rings is 1. The number of nitrogens with zero attached hydrogens (tertiary/aromatic N) is 4. The van der Waals surface area contributed by atoms with Gasteiger partial charge in [-0.2, -0.15) is 4.98 Å². The van der Waals surface area contributed by atoms with Crippen LogP contribution in [0.15, 0.2) is 4.52 Å². The molecule has 2 fully saturated rings. The second kappa shape index (κ2) is 4.85. The van der Waals surface area contributed by atoms with Gasteiger partial charge in [-0.05, 0) is 33.4 Å². The summed E-state index contributed by atoms with van der Waals surface area (Å²) in [5, 5.41) is 4.11. The van der Waals surface area contributed by atoms with Gasteiger partial charge in [-0.1, -0.05) is 5.16 Å². The Balaban J connectivity index is 1.66. The number of aromatic nitrogens is 2. The van der Waals surface area contributed by atoms with Gasteiger partial charge in [0.15, 0.2) is 5.82 Å². The summed E-state index contributed by atoms with van der Waals surface area (Å²) in [6.45, 7) is 3.26. The lowest BCUT2D eigenvalue weighted by molar-refractivity contribution is 0.113. The van der Waals surface area contributed by atoms with E-state index < -0.39 is 0 Å². The minimum atomic E-state index is -0.347. The van der Waals surface area contributed by atoms with Crippen LogP contribution in [0.3, 0.4) is 0 Å². The van der Waals surface area contributed by atoms with E-state index in [1.165, 1.54) is 0 Å². The summed E-state index contributed by atoms with van der Waals surface area (Å²) in [5.74, 6) is 1.42. The number of nitrogens with two attached hydrogens (primary N) is 1. The predicted octanol–water partition coefficient (Wildman–Crippen LogP) is 0.196. The zero-order valence-electron chi connectivity index (χ0n) is 11.8. The Morgan fingerprint density at radius 1 is 1.37 bits per heavy atom. The van der Waals surface area contributed by atoms with Crippen molar-refractivity contribution in [3.8, 4) is 0 Å². The summed E-state index contributed by atoms with van der Waals surface area (Å²) in [6.07, 6.45) is 3.91. The van der Waals surface area contributed by atoms with Crippen LogP contribution in [0, 0.1) is 0 Å². The molecule has 2 aliphatic rings. The summed E-state index contributed by atoms with van der Waals surface area (Å²) in [6, 6.07) is 0.458. The first-order chi connectivity index (χ1) is 9.07. The Hall–Kier alpha value is -0.980. The number of rotatable bonds is 3. The summed E-state index contributed by atoms with van der Waals surface area (Å²) >= 11 is 0. The van der Waals surface area contributed by atoms with Gasteiger partial charge in [0.25, 0.3) is 0 Å². The normalized spacial score (nSPS) is 28.3. The molecule has 1 aliphatic heterocycles. The fraction of sp³-hybridized carbons (Fsp3) is 0.846. The third kappa shape index (κ3) is 2.52. The second-order valence-electron chi connectivity index (χ2n) is 6.13. The minimum absolute atomic E-state index is 0.347. The van der Waals surface area contributed by atoms with E-state index >= 15 is 0 Å². The first kappa shape index (κ1) is 13.0. The van der Waals surface area contributed by atoms with Crippen molar-refractivity contribution in [2.45, 2.75) is 37.3 Å². The van der Waals surface area contributed by atoms with Crippen molar-refractivity contribution < 1.29 is 4.52 Å². The molecule has 1 aromatic heterocycles. The van der Waals surface area contributed by atoms with E-state index in [9.17, 15) is 0 Å². The van der Waals surface area contributed by atoms with Crippen molar-refractivity contribution in [1.82, 2.24) is 19.9 Å². The monoisotopic (exact) mass is 265 g/mol. The molecule has 2 heterocycles. The summed E-state index contributed by atoms with van der Waals surface area (Å²) in [7, 11) is 4.32. The van der Waals surface area contributed by atoms with Crippen LogP contribution in [0.25, 0.3) is 0 Å². The molecule has 19 heavy (non-hydrogen) atoms. The maximum absolute atomic E-state index is 6.21. The van der Waals surface area contributed by atoms with Crippen LogP contribution in [-0.4, -0.2) is 59.7 Å². The van der Waals surface area contributed by atoms with Gasteiger partial charge in [-0.15, -0.1) is 0 Å². The van der Waals surface area contributed by atoms with Gasteiger partial charge < -0.3 is 20.1 Å². The standard InChI is InChI=1S/C13H23N5O/c1-17-6-7-18(2)10(9-17)8-11-15-12(19-16-11)13(14)4-3-5-13/h10H,3-9,14H2,1-2H3. The minimum Gasteiger partial charge on any atom is -0.337 e. The fourth-order valence-electron chi connectivity index (χ4n) is 2.84. The van der Waals surface area contributed by atoms with Crippen LogP contribution in [0.1, 0.15) is 31.0 Å². The highest BCUT2D eigenvalue weighted by molar-refractivity contribution is 5.07. The highest BCUT2D eigenvalue weighted by atomic mass is 16.5. The Kier molecular flexibility index (Phi) is 3.32. The summed E-state index contributed by atoms with van der Waals surface area (Å²) in [5.41, 5.74) is 5.86. The Morgan fingerprint density at radius 2 is 2.16 bits per heavy atom. The van der Waals surface area contributed by atoms with Gasteiger partial charge in [0.05, 0.1) is 5.54 Å². The fourth-order valence-corrected chi connectivity index (χ4v) is 2.84. The zero-order valence-corrected chi connectivity index (χ0v) is 11.8. The largest absolute Gasteiger partial charge is 0.337 e. The molecule has 0 spiro atoms. The van der Waals surface area contributed by atoms with E-state index in [2.05, 4.69) is 34.0 Å². The predicted molar refractivity (Wildman–Crippen MR) is 71.6 cm³/mol. The molecule has 2 N–H and O–H groups in total. The van der Waals surface area contributed by atoms with E-state index in [1.807, 2.05) is 0 Å². The van der Waals surface area contributed by atoms with E-state index in [-0.39, 0.29) is 5.54 Å². The number of hydrogen-bond acceptors (Lipinski definition) is 6. The molecule has 1 aromatic rings. The van der Waals surface area contributed by atoms with Crippen molar-refractivity contribution in [2.75, 3.05) is 33.7 Å². The average Bonchev–Trinajstić information content (AvgIpc) is 2.80. The molecule has 106 valence electrons.